The fourth-order valence-electron chi connectivity index (χ4n) is 6.46. The van der Waals surface area contributed by atoms with E-state index in [1.54, 1.807) is 43.5 Å². The fraction of sp³-hybridized carbons (Fsp3) is 0.279. The molecule has 0 spiro atoms. The van der Waals surface area contributed by atoms with Gasteiger partial charge in [-0.15, -0.1) is 18.0 Å². The SMILES string of the molecule is C#CCN1C(=O)COc2cc(F)c(N=c3snc4n3CC(C)(C)C4)cc21.COc1nc(C)nc(NC(=O)NS(=O)(=O)c2ccccc2OCCCl)n1.O=C(O)COc1ccc(Cl)c2cccnc12. The van der Waals surface area contributed by atoms with E-state index >= 15 is 0 Å². The Hall–Kier alpha value is -7.13. The minimum Gasteiger partial charge on any atom is -0.491 e. The number of carbonyl (C=O) groups excluding carboxylic acids is 2. The number of urea groups is 1. The maximum absolute atomic E-state index is 14.5. The fourth-order valence-corrected chi connectivity index (χ4v) is 8.57. The van der Waals surface area contributed by atoms with E-state index in [9.17, 15) is 27.2 Å². The Morgan fingerprint density at radius 1 is 1.10 bits per heavy atom. The van der Waals surface area contributed by atoms with Crippen molar-refractivity contribution in [2.45, 2.75) is 38.6 Å². The third kappa shape index (κ3) is 12.6. The number of para-hydroxylation sites is 1. The Morgan fingerprint density at radius 3 is 2.62 bits per heavy atom. The summed E-state index contributed by atoms with van der Waals surface area (Å²) in [6.07, 6.45) is 7.82. The molecule has 0 saturated carbocycles. The second-order valence-corrected chi connectivity index (χ2v) is 18.2. The highest BCUT2D eigenvalue weighted by atomic mass is 35.5. The van der Waals surface area contributed by atoms with E-state index in [0.717, 1.165) is 24.2 Å². The zero-order valence-electron chi connectivity index (χ0n) is 36.5. The molecular formula is C43H41Cl2FN10O10S2. The quantitative estimate of drug-likeness (QED) is 0.0950. The molecule has 8 rings (SSSR count). The Labute approximate surface area is 402 Å². The molecule has 3 N–H and O–H groups in total. The van der Waals surface area contributed by atoms with Crippen LogP contribution >= 0.6 is 34.7 Å². The number of amides is 3. The van der Waals surface area contributed by atoms with Gasteiger partial charge in [0.05, 0.1) is 30.2 Å². The second kappa shape index (κ2) is 22.1. The van der Waals surface area contributed by atoms with Gasteiger partial charge in [-0.05, 0) is 54.8 Å². The van der Waals surface area contributed by atoms with Crippen molar-refractivity contribution in [3.05, 3.63) is 94.2 Å². The monoisotopic (exact) mass is 1010 g/mol. The molecule has 0 atom stereocenters. The van der Waals surface area contributed by atoms with E-state index in [2.05, 4.69) is 54.4 Å². The van der Waals surface area contributed by atoms with Crippen LogP contribution in [-0.4, -0.2) is 99.7 Å². The molecule has 5 heterocycles. The van der Waals surface area contributed by atoms with Crippen LogP contribution in [0.15, 0.2) is 76.7 Å². The van der Waals surface area contributed by atoms with Gasteiger partial charge < -0.3 is 28.6 Å². The maximum atomic E-state index is 14.5. The van der Waals surface area contributed by atoms with Gasteiger partial charge in [-0.1, -0.05) is 43.5 Å². The number of methoxy groups -OCH3 is 1. The van der Waals surface area contributed by atoms with E-state index < -0.39 is 34.4 Å². The lowest BCUT2D eigenvalue weighted by Gasteiger charge is -2.28. The Kier molecular flexibility index (Phi) is 16.4. The number of hydrogen-bond acceptors (Lipinski definition) is 16. The van der Waals surface area contributed by atoms with Crippen molar-refractivity contribution >= 4 is 90.9 Å². The Balaban J connectivity index is 0.000000173. The minimum absolute atomic E-state index is 0.0181. The van der Waals surface area contributed by atoms with Crippen molar-refractivity contribution < 1.29 is 51.2 Å². The standard InChI is InChI=1S/C18H17FN4O2S.C14H16ClN5O5S.C11H8ClNO3/c1-4-5-22-13-7-12(11(19)6-14(13)25-9-16(22)24)20-17-23-10-18(2,3)8-15(23)21-26-17;1-9-16-12(19-14(17-9)24-2)18-13(21)20-26(22,23)11-6-4-3-5-10(11)25-8-7-15;12-8-3-4-9(16-6-10(14)15)11-7(8)2-1-5-13-11/h1,6-7H,5,8-10H2,2-3H3;3-6H,7-8H2,1-2H3,(H2,16,17,18,19,20,21);1-5H,6H2,(H,14,15). The lowest BCUT2D eigenvalue weighted by molar-refractivity contribution is -0.139. The van der Waals surface area contributed by atoms with Crippen LogP contribution in [0.2, 0.25) is 5.02 Å². The van der Waals surface area contributed by atoms with Crippen LogP contribution in [0.5, 0.6) is 23.3 Å². The first kappa shape index (κ1) is 50.3. The largest absolute Gasteiger partial charge is 0.491 e. The van der Waals surface area contributed by atoms with Crippen LogP contribution in [0.25, 0.3) is 10.9 Å². The number of sulfonamides is 1. The van der Waals surface area contributed by atoms with Crippen LogP contribution < -0.4 is 38.7 Å². The van der Waals surface area contributed by atoms with Crippen LogP contribution in [0, 0.1) is 30.5 Å². The molecule has 0 bridgehead atoms. The minimum atomic E-state index is -4.20. The molecule has 68 heavy (non-hydrogen) atoms. The number of rotatable bonds is 12. The van der Waals surface area contributed by atoms with Crippen molar-refractivity contribution in [1.29, 1.82) is 0 Å². The number of hydrogen-bond donors (Lipinski definition) is 3. The lowest BCUT2D eigenvalue weighted by atomic mass is 9.92. The summed E-state index contributed by atoms with van der Waals surface area (Å²) in [6.45, 7) is 6.34. The molecule has 3 amide bonds. The van der Waals surface area contributed by atoms with Crippen molar-refractivity contribution in [3.63, 3.8) is 0 Å². The van der Waals surface area contributed by atoms with Gasteiger partial charge in [0.15, 0.2) is 19.0 Å². The molecule has 3 aromatic carbocycles. The molecule has 25 heteroatoms. The average molecular weight is 1010 g/mol. The Morgan fingerprint density at radius 2 is 1.88 bits per heavy atom. The van der Waals surface area contributed by atoms with Gasteiger partial charge in [0.1, 0.15) is 51.6 Å². The zero-order valence-corrected chi connectivity index (χ0v) is 39.7. The highest BCUT2D eigenvalue weighted by molar-refractivity contribution is 7.90. The summed E-state index contributed by atoms with van der Waals surface area (Å²) in [5.74, 6) is 2.70. The number of aliphatic carboxylic acids is 1. The number of terminal acetylenes is 1. The molecule has 2 aliphatic heterocycles. The number of carboxylic acid groups (broad SMARTS) is 1. The maximum Gasteiger partial charge on any atom is 0.341 e. The van der Waals surface area contributed by atoms with Gasteiger partial charge in [-0.25, -0.2) is 32.1 Å². The van der Waals surface area contributed by atoms with E-state index in [1.165, 1.54) is 53.9 Å². The van der Waals surface area contributed by atoms with Crippen LogP contribution in [0.1, 0.15) is 25.5 Å². The average Bonchev–Trinajstić information content (AvgIpc) is 3.81. The van der Waals surface area contributed by atoms with Gasteiger partial charge in [-0.3, -0.25) is 20.0 Å². The summed E-state index contributed by atoms with van der Waals surface area (Å²) < 4.78 is 68.3. The molecule has 0 fully saturated rings. The molecule has 0 aliphatic carbocycles. The van der Waals surface area contributed by atoms with Gasteiger partial charge in [0.2, 0.25) is 10.7 Å². The molecule has 0 saturated heterocycles. The van der Waals surface area contributed by atoms with Crippen molar-refractivity contribution in [1.82, 2.24) is 33.6 Å². The number of alkyl halides is 1. The second-order valence-electron chi connectivity index (χ2n) is 15.0. The molecule has 3 aromatic heterocycles. The number of carboxylic acids is 1. The van der Waals surface area contributed by atoms with Gasteiger partial charge in [0.25, 0.3) is 15.9 Å². The van der Waals surface area contributed by atoms with Gasteiger partial charge >= 0.3 is 18.0 Å². The van der Waals surface area contributed by atoms with Crippen molar-refractivity contribution in [2.75, 3.05) is 49.6 Å². The van der Waals surface area contributed by atoms with Gasteiger partial charge in [-0.2, -0.15) is 19.3 Å². The highest BCUT2D eigenvalue weighted by Gasteiger charge is 2.31. The number of nitrogens with one attached hydrogen (secondary N) is 2. The first-order valence-electron chi connectivity index (χ1n) is 20.0. The molecular weight excluding hydrogens is 971 g/mol. The number of fused-ring (bicyclic) bond motifs is 3. The van der Waals surface area contributed by atoms with Crippen molar-refractivity contribution in [2.24, 2.45) is 10.4 Å². The van der Waals surface area contributed by atoms with E-state index in [1.807, 2.05) is 9.29 Å². The number of benzene rings is 3. The zero-order chi connectivity index (χ0) is 49.2. The normalized spacial score (nSPS) is 13.6. The summed E-state index contributed by atoms with van der Waals surface area (Å²) in [5.41, 5.74) is 1.24. The smallest absolute Gasteiger partial charge is 0.341 e. The first-order chi connectivity index (χ1) is 32.4. The molecule has 0 unspecified atom stereocenters. The predicted octanol–water partition coefficient (Wildman–Crippen LogP) is 5.93. The van der Waals surface area contributed by atoms with E-state index in [-0.39, 0.29) is 71.1 Å². The van der Waals surface area contributed by atoms with Crippen molar-refractivity contribution in [3.8, 4) is 35.6 Å². The number of carbonyl (C=O) groups is 3. The molecule has 6 aromatic rings. The molecule has 0 radical (unpaired) electrons. The number of aryl methyl sites for hydroxylation is 1. The van der Waals surface area contributed by atoms with Crippen LogP contribution in [0.3, 0.4) is 0 Å². The lowest BCUT2D eigenvalue weighted by Crippen LogP contribution is -2.39. The third-order valence-corrected chi connectivity index (χ3v) is 11.9. The van der Waals surface area contributed by atoms with Crippen LogP contribution in [0.4, 0.5) is 26.5 Å². The molecule has 356 valence electrons. The highest BCUT2D eigenvalue weighted by Crippen LogP contribution is 2.38. The topological polar surface area (TPSA) is 252 Å². The van der Waals surface area contributed by atoms with Gasteiger partial charge in [0, 0.05) is 42.1 Å². The number of anilines is 2. The first-order valence-corrected chi connectivity index (χ1v) is 23.1. The number of halogens is 3. The van der Waals surface area contributed by atoms with E-state index in [4.69, 9.17) is 53.7 Å². The molecule has 20 nitrogen and oxygen atoms in total. The number of pyridine rings is 1. The number of ether oxygens (including phenoxy) is 4. The summed E-state index contributed by atoms with van der Waals surface area (Å²) in [4.78, 5) is 56.4. The summed E-state index contributed by atoms with van der Waals surface area (Å²) in [5, 5.41) is 12.0. The predicted molar refractivity (Wildman–Crippen MR) is 249 cm³/mol. The summed E-state index contributed by atoms with van der Waals surface area (Å²) in [7, 11) is -2.85. The van der Waals surface area contributed by atoms with Crippen LogP contribution in [-0.2, 0) is 32.6 Å². The third-order valence-electron chi connectivity index (χ3n) is 9.30. The Bertz CT molecular complexity index is 3090. The number of aromatic nitrogens is 6. The summed E-state index contributed by atoms with van der Waals surface area (Å²) >= 11 is 12.8. The summed E-state index contributed by atoms with van der Waals surface area (Å²) in [6, 6.07) is 14.4. The molecule has 2 aliphatic rings. The van der Waals surface area contributed by atoms with E-state index in [0.29, 0.717) is 32.5 Å². The number of nitrogens with zero attached hydrogens (tertiary/aromatic N) is 8.